The number of fused-ring (bicyclic) bond motifs is 1. The number of pyridine rings is 1. The van der Waals surface area contributed by atoms with Crippen LogP contribution in [0.15, 0.2) is 18.3 Å². The van der Waals surface area contributed by atoms with Gasteiger partial charge in [-0.1, -0.05) is 11.6 Å². The molecule has 142 valence electrons. The zero-order valence-corrected chi connectivity index (χ0v) is 16.3. The van der Waals surface area contributed by atoms with E-state index in [0.717, 1.165) is 0 Å². The summed E-state index contributed by atoms with van der Waals surface area (Å²) in [4.78, 5) is 17.8. The normalized spacial score (nSPS) is 14.4. The van der Waals surface area contributed by atoms with Crippen LogP contribution >= 0.6 is 11.6 Å². The Kier molecular flexibility index (Phi) is 5.03. The average Bonchev–Trinajstić information content (AvgIpc) is 2.56. The van der Waals surface area contributed by atoms with E-state index in [-0.39, 0.29) is 12.2 Å². The summed E-state index contributed by atoms with van der Waals surface area (Å²) >= 11 is 6.29. The summed E-state index contributed by atoms with van der Waals surface area (Å²) in [5.41, 5.74) is 0.361. The van der Waals surface area contributed by atoms with Gasteiger partial charge in [0.05, 0.1) is 36.3 Å². The number of rotatable bonds is 3. The first kappa shape index (κ1) is 19.1. The van der Waals surface area contributed by atoms with E-state index in [1.165, 1.54) is 13.3 Å². The molecule has 0 atom stereocenters. The second kappa shape index (κ2) is 7.12. The fourth-order valence-electron chi connectivity index (χ4n) is 2.67. The number of nitrogens with zero attached hydrogens (tertiary/aromatic N) is 3. The number of ether oxygens (including phenoxy) is 3. The van der Waals surface area contributed by atoms with Gasteiger partial charge in [0.1, 0.15) is 17.8 Å². The van der Waals surface area contributed by atoms with Gasteiger partial charge in [-0.05, 0) is 26.8 Å². The van der Waals surface area contributed by atoms with E-state index < -0.39 is 5.60 Å². The van der Waals surface area contributed by atoms with Gasteiger partial charge in [0.15, 0.2) is 11.5 Å². The van der Waals surface area contributed by atoms with Crippen molar-refractivity contribution in [1.29, 1.82) is 5.26 Å². The van der Waals surface area contributed by atoms with Gasteiger partial charge < -0.3 is 19.1 Å². The molecule has 0 saturated carbocycles. The lowest BCUT2D eigenvalue weighted by molar-refractivity contribution is -0.0225. The van der Waals surface area contributed by atoms with Crippen molar-refractivity contribution >= 4 is 28.6 Å². The maximum absolute atomic E-state index is 12.0. The van der Waals surface area contributed by atoms with E-state index in [1.54, 1.807) is 17.0 Å². The summed E-state index contributed by atoms with van der Waals surface area (Å²) < 4.78 is 16.7. The number of likely N-dealkylation sites (tertiary alicyclic amines) is 1. The Morgan fingerprint density at radius 1 is 1.33 bits per heavy atom. The van der Waals surface area contributed by atoms with Crippen LogP contribution in [0.5, 0.6) is 11.5 Å². The van der Waals surface area contributed by atoms with E-state index in [0.29, 0.717) is 46.1 Å². The van der Waals surface area contributed by atoms with E-state index in [4.69, 9.17) is 31.1 Å². The van der Waals surface area contributed by atoms with E-state index in [9.17, 15) is 4.79 Å². The Labute approximate surface area is 162 Å². The maximum atomic E-state index is 12.0. The molecule has 1 amide bonds. The molecule has 0 bridgehead atoms. The Morgan fingerprint density at radius 2 is 2.04 bits per heavy atom. The Bertz CT molecular complexity index is 927. The molecule has 2 aromatic rings. The fourth-order valence-corrected chi connectivity index (χ4v) is 2.91. The number of aromatic nitrogens is 1. The number of nitriles is 1. The molecule has 3 rings (SSSR count). The second-order valence-electron chi connectivity index (χ2n) is 7.24. The van der Waals surface area contributed by atoms with Crippen LogP contribution in [0.25, 0.3) is 10.9 Å². The summed E-state index contributed by atoms with van der Waals surface area (Å²) in [6, 6.07) is 5.43. The summed E-state index contributed by atoms with van der Waals surface area (Å²) in [6.45, 7) is 6.31. The van der Waals surface area contributed by atoms with Crippen LogP contribution in [0.2, 0.25) is 5.02 Å². The largest absolute Gasteiger partial charge is 0.493 e. The van der Waals surface area contributed by atoms with Gasteiger partial charge in [0, 0.05) is 17.6 Å². The number of benzene rings is 1. The lowest BCUT2D eigenvalue weighted by Crippen LogP contribution is -2.57. The number of methoxy groups -OCH3 is 1. The van der Waals surface area contributed by atoms with Gasteiger partial charge in [-0.15, -0.1) is 0 Å². The highest BCUT2D eigenvalue weighted by Gasteiger charge is 2.35. The number of hydrogen-bond acceptors (Lipinski definition) is 6. The van der Waals surface area contributed by atoms with E-state index in [2.05, 4.69) is 4.98 Å². The lowest BCUT2D eigenvalue weighted by Gasteiger charge is -2.39. The molecule has 0 unspecified atom stereocenters. The molecular formula is C19H20ClN3O4. The Hall–Kier alpha value is -2.72. The minimum atomic E-state index is -0.535. The van der Waals surface area contributed by atoms with Gasteiger partial charge in [-0.25, -0.2) is 4.79 Å². The van der Waals surface area contributed by atoms with Crippen molar-refractivity contribution in [3.05, 3.63) is 28.9 Å². The maximum Gasteiger partial charge on any atom is 0.410 e. The van der Waals surface area contributed by atoms with Gasteiger partial charge >= 0.3 is 6.09 Å². The van der Waals surface area contributed by atoms with E-state index in [1.807, 2.05) is 26.8 Å². The van der Waals surface area contributed by atoms with Crippen LogP contribution < -0.4 is 9.47 Å². The molecule has 0 N–H and O–H groups in total. The Morgan fingerprint density at radius 3 is 2.63 bits per heavy atom. The molecule has 2 heterocycles. The van der Waals surface area contributed by atoms with Crippen molar-refractivity contribution < 1.29 is 19.0 Å². The average molecular weight is 390 g/mol. The van der Waals surface area contributed by atoms with Crippen molar-refractivity contribution in [3.8, 4) is 17.6 Å². The van der Waals surface area contributed by atoms with Crippen LogP contribution in [0.4, 0.5) is 4.79 Å². The monoisotopic (exact) mass is 389 g/mol. The molecule has 1 saturated heterocycles. The van der Waals surface area contributed by atoms with Crippen LogP contribution in [0.3, 0.4) is 0 Å². The molecule has 1 aromatic heterocycles. The molecule has 0 spiro atoms. The SMILES string of the molecule is COc1cc2ncc(C#N)c(Cl)c2cc1OC1CN(C(=O)OC(C)(C)C)C1. The second-order valence-corrected chi connectivity index (χ2v) is 7.62. The molecule has 8 heteroatoms. The summed E-state index contributed by atoms with van der Waals surface area (Å²) in [5, 5.41) is 10.0. The van der Waals surface area contributed by atoms with Crippen molar-refractivity contribution in [3.63, 3.8) is 0 Å². The number of carbonyl (C=O) groups is 1. The van der Waals surface area contributed by atoms with Crippen LogP contribution in [-0.4, -0.2) is 47.9 Å². The smallest absolute Gasteiger partial charge is 0.410 e. The van der Waals surface area contributed by atoms with Gasteiger partial charge in [-0.2, -0.15) is 5.26 Å². The standard InChI is InChI=1S/C19H20ClN3O4/c1-19(2,3)27-18(24)23-9-12(10-23)26-16-5-13-14(6-15(16)25-4)22-8-11(7-21)17(13)20/h5-6,8,12H,9-10H2,1-4H3. The molecule has 1 aromatic carbocycles. The fraction of sp³-hybridized carbons (Fsp3) is 0.421. The first-order valence-electron chi connectivity index (χ1n) is 8.42. The molecular weight excluding hydrogens is 370 g/mol. The lowest BCUT2D eigenvalue weighted by atomic mass is 10.1. The molecule has 0 radical (unpaired) electrons. The van der Waals surface area contributed by atoms with Gasteiger partial charge in [0.25, 0.3) is 0 Å². The highest BCUT2D eigenvalue weighted by molar-refractivity contribution is 6.36. The third-order valence-corrected chi connectivity index (χ3v) is 4.41. The molecule has 7 nitrogen and oxygen atoms in total. The summed E-state index contributed by atoms with van der Waals surface area (Å²) in [7, 11) is 1.53. The number of amides is 1. The third kappa shape index (κ3) is 4.01. The van der Waals surface area contributed by atoms with Crippen molar-refractivity contribution in [2.45, 2.75) is 32.5 Å². The van der Waals surface area contributed by atoms with Gasteiger partial charge in [0.2, 0.25) is 0 Å². The number of halogens is 1. The van der Waals surface area contributed by atoms with Crippen molar-refractivity contribution in [1.82, 2.24) is 9.88 Å². The van der Waals surface area contributed by atoms with E-state index >= 15 is 0 Å². The van der Waals surface area contributed by atoms with Crippen molar-refractivity contribution in [2.75, 3.05) is 20.2 Å². The zero-order valence-electron chi connectivity index (χ0n) is 15.6. The molecule has 0 aliphatic carbocycles. The summed E-state index contributed by atoms with van der Waals surface area (Å²) in [5.74, 6) is 0.990. The molecule has 1 aliphatic heterocycles. The van der Waals surface area contributed by atoms with Gasteiger partial charge in [-0.3, -0.25) is 4.98 Å². The first-order chi connectivity index (χ1) is 12.7. The van der Waals surface area contributed by atoms with Crippen LogP contribution in [-0.2, 0) is 4.74 Å². The molecule has 27 heavy (non-hydrogen) atoms. The van der Waals surface area contributed by atoms with Crippen LogP contribution in [0.1, 0.15) is 26.3 Å². The predicted molar refractivity (Wildman–Crippen MR) is 100 cm³/mol. The minimum absolute atomic E-state index is 0.185. The Balaban J connectivity index is 1.77. The number of carbonyl (C=O) groups excluding carboxylic acids is 1. The molecule has 1 aliphatic rings. The summed E-state index contributed by atoms with van der Waals surface area (Å²) in [6.07, 6.45) is 0.878. The zero-order chi connectivity index (χ0) is 19.8. The van der Waals surface area contributed by atoms with Crippen molar-refractivity contribution in [2.24, 2.45) is 0 Å². The quantitative estimate of drug-likeness (QED) is 0.794. The highest BCUT2D eigenvalue weighted by atomic mass is 35.5. The first-order valence-corrected chi connectivity index (χ1v) is 8.80. The molecule has 1 fully saturated rings. The van der Waals surface area contributed by atoms with Crippen LogP contribution in [0, 0.1) is 11.3 Å². The topological polar surface area (TPSA) is 84.7 Å². The predicted octanol–water partition coefficient (Wildman–Crippen LogP) is 3.77. The third-order valence-electron chi connectivity index (χ3n) is 4.00. The minimum Gasteiger partial charge on any atom is -0.493 e. The highest BCUT2D eigenvalue weighted by Crippen LogP contribution is 2.37. The number of hydrogen-bond donors (Lipinski definition) is 0.